The average Bonchev–Trinajstić information content (AvgIpc) is 3.01. The first kappa shape index (κ1) is 19.6. The van der Waals surface area contributed by atoms with Gasteiger partial charge in [-0.05, 0) is 61.1 Å². The molecule has 1 N–H and O–H groups in total. The van der Waals surface area contributed by atoms with Gasteiger partial charge in [0.25, 0.3) is 0 Å². The highest BCUT2D eigenvalue weighted by molar-refractivity contribution is 9.10. The summed E-state index contributed by atoms with van der Waals surface area (Å²) in [6, 6.07) is 18.8. The number of benzene rings is 2. The van der Waals surface area contributed by atoms with E-state index in [9.17, 15) is 4.79 Å². The second kappa shape index (κ2) is 8.44. The van der Waals surface area contributed by atoms with E-state index in [1.54, 1.807) is 11.8 Å². The number of amidine groups is 1. The van der Waals surface area contributed by atoms with Crippen LogP contribution in [-0.2, 0) is 4.79 Å². The van der Waals surface area contributed by atoms with Crippen LogP contribution in [0, 0.1) is 0 Å². The Morgan fingerprint density at radius 2 is 1.80 bits per heavy atom. The van der Waals surface area contributed by atoms with Crippen LogP contribution in [0.15, 0.2) is 80.9 Å². The largest absolute Gasteiger partial charge is 0.355 e. The summed E-state index contributed by atoms with van der Waals surface area (Å²) in [6.45, 7) is 0.684. The third-order valence-corrected chi connectivity index (χ3v) is 7.16. The van der Waals surface area contributed by atoms with Gasteiger partial charge < -0.3 is 5.32 Å². The van der Waals surface area contributed by atoms with Crippen LogP contribution in [0.5, 0.6) is 0 Å². The molecule has 0 spiro atoms. The molecule has 3 aliphatic rings. The summed E-state index contributed by atoms with van der Waals surface area (Å²) in [4.78, 5) is 19.1. The van der Waals surface area contributed by atoms with E-state index in [1.807, 2.05) is 23.1 Å². The molecule has 6 heteroatoms. The standard InChI is InChI=1S/C24H22BrN3OS/c25-18-10-12-19(13-11-18)26-22(16-6-2-1-3-7-16)20-9-5-4-8-17-14-28-21(29)15-30-24(28)27-23(17)20/h1-3,6-7,10-13,26H,4-5,8-9,14-15H2/b22-20-. The lowest BCUT2D eigenvalue weighted by Gasteiger charge is -2.26. The fraction of sp³-hybridized carbons (Fsp3) is 0.250. The molecule has 2 heterocycles. The normalized spacial score (nSPS) is 20.4. The predicted octanol–water partition coefficient (Wildman–Crippen LogP) is 6.05. The minimum Gasteiger partial charge on any atom is -0.355 e. The number of rotatable bonds is 3. The van der Waals surface area contributed by atoms with Gasteiger partial charge in [-0.1, -0.05) is 58.0 Å². The molecule has 2 aromatic carbocycles. The second-order valence-corrected chi connectivity index (χ2v) is 9.53. The van der Waals surface area contributed by atoms with Crippen LogP contribution in [0.1, 0.15) is 31.2 Å². The molecule has 30 heavy (non-hydrogen) atoms. The molecule has 0 aromatic heterocycles. The number of thioether (sulfide) groups is 1. The first-order chi connectivity index (χ1) is 14.7. The number of aliphatic imine (C=N–C) groups is 1. The van der Waals surface area contributed by atoms with Gasteiger partial charge in [-0.15, -0.1) is 0 Å². The Morgan fingerprint density at radius 1 is 1.03 bits per heavy atom. The Hall–Kier alpha value is -2.31. The van der Waals surface area contributed by atoms with E-state index in [2.05, 4.69) is 57.6 Å². The molecule has 2 aromatic rings. The molecule has 5 rings (SSSR count). The van der Waals surface area contributed by atoms with Gasteiger partial charge in [-0.25, -0.2) is 4.99 Å². The van der Waals surface area contributed by atoms with Gasteiger partial charge in [-0.3, -0.25) is 9.69 Å². The summed E-state index contributed by atoms with van der Waals surface area (Å²) >= 11 is 5.08. The molecule has 1 amide bonds. The third kappa shape index (κ3) is 3.86. The first-order valence-electron chi connectivity index (χ1n) is 10.2. The fourth-order valence-electron chi connectivity index (χ4n) is 4.16. The Labute approximate surface area is 189 Å². The molecule has 2 aliphatic heterocycles. The quantitative estimate of drug-likeness (QED) is 0.582. The van der Waals surface area contributed by atoms with Crippen molar-refractivity contribution < 1.29 is 4.79 Å². The van der Waals surface area contributed by atoms with Crippen LogP contribution in [-0.4, -0.2) is 28.3 Å². The van der Waals surface area contributed by atoms with Gasteiger partial charge >= 0.3 is 0 Å². The van der Waals surface area contributed by atoms with Crippen molar-refractivity contribution in [3.05, 3.63) is 81.5 Å². The highest BCUT2D eigenvalue weighted by Crippen LogP contribution is 2.39. The molecular formula is C24H22BrN3OS. The Bertz CT molecular complexity index is 1070. The van der Waals surface area contributed by atoms with E-state index in [4.69, 9.17) is 4.99 Å². The van der Waals surface area contributed by atoms with E-state index in [-0.39, 0.29) is 5.91 Å². The summed E-state index contributed by atoms with van der Waals surface area (Å²) in [6.07, 6.45) is 4.22. The van der Waals surface area contributed by atoms with Crippen LogP contribution in [0.2, 0.25) is 0 Å². The summed E-state index contributed by atoms with van der Waals surface area (Å²) in [5.74, 6) is 0.678. The highest BCUT2D eigenvalue weighted by atomic mass is 79.9. The average molecular weight is 480 g/mol. The fourth-order valence-corrected chi connectivity index (χ4v) is 5.31. The first-order valence-corrected chi connectivity index (χ1v) is 12.0. The second-order valence-electron chi connectivity index (χ2n) is 7.67. The van der Waals surface area contributed by atoms with Crippen molar-refractivity contribution in [2.24, 2.45) is 4.99 Å². The Kier molecular flexibility index (Phi) is 5.52. The van der Waals surface area contributed by atoms with Crippen molar-refractivity contribution in [1.82, 2.24) is 4.90 Å². The number of nitrogens with one attached hydrogen (secondary N) is 1. The maximum absolute atomic E-state index is 12.2. The van der Waals surface area contributed by atoms with E-state index >= 15 is 0 Å². The molecule has 4 nitrogen and oxygen atoms in total. The van der Waals surface area contributed by atoms with Crippen LogP contribution in [0.4, 0.5) is 5.69 Å². The zero-order chi connectivity index (χ0) is 20.5. The number of allylic oxidation sites excluding steroid dienone is 1. The zero-order valence-corrected chi connectivity index (χ0v) is 18.9. The monoisotopic (exact) mass is 479 g/mol. The maximum Gasteiger partial charge on any atom is 0.239 e. The maximum atomic E-state index is 12.2. The lowest BCUT2D eigenvalue weighted by Crippen LogP contribution is -2.34. The van der Waals surface area contributed by atoms with E-state index in [0.717, 1.165) is 58.0 Å². The molecule has 152 valence electrons. The summed E-state index contributed by atoms with van der Waals surface area (Å²) in [5, 5.41) is 4.55. The van der Waals surface area contributed by atoms with Gasteiger partial charge in [0.1, 0.15) is 0 Å². The van der Waals surface area contributed by atoms with Crippen LogP contribution < -0.4 is 5.32 Å². The van der Waals surface area contributed by atoms with Gasteiger partial charge in [-0.2, -0.15) is 0 Å². The van der Waals surface area contributed by atoms with Crippen molar-refractivity contribution in [2.45, 2.75) is 25.7 Å². The molecule has 0 bridgehead atoms. The number of hydrogen-bond donors (Lipinski definition) is 1. The number of carbonyl (C=O) groups is 1. The lowest BCUT2D eigenvalue weighted by atomic mass is 9.97. The van der Waals surface area contributed by atoms with Crippen molar-refractivity contribution in [2.75, 3.05) is 17.6 Å². The minimum atomic E-state index is 0.177. The lowest BCUT2D eigenvalue weighted by molar-refractivity contribution is -0.123. The molecule has 1 fully saturated rings. The molecule has 0 saturated carbocycles. The smallest absolute Gasteiger partial charge is 0.239 e. The summed E-state index contributed by atoms with van der Waals surface area (Å²) < 4.78 is 1.06. The predicted molar refractivity (Wildman–Crippen MR) is 128 cm³/mol. The van der Waals surface area contributed by atoms with Gasteiger partial charge in [0.2, 0.25) is 5.91 Å². The van der Waals surface area contributed by atoms with Gasteiger partial charge in [0, 0.05) is 15.7 Å². The number of halogens is 1. The molecule has 1 saturated heterocycles. The number of carbonyl (C=O) groups excluding carboxylic acids is 1. The molecular weight excluding hydrogens is 458 g/mol. The Morgan fingerprint density at radius 3 is 2.60 bits per heavy atom. The van der Waals surface area contributed by atoms with Crippen molar-refractivity contribution in [3.8, 4) is 0 Å². The van der Waals surface area contributed by atoms with E-state index in [1.165, 1.54) is 11.1 Å². The zero-order valence-electron chi connectivity index (χ0n) is 16.5. The number of fused-ring (bicyclic) bond motifs is 1. The molecule has 1 aliphatic carbocycles. The number of nitrogens with zero attached hydrogens (tertiary/aromatic N) is 2. The number of amides is 1. The number of hydrogen-bond acceptors (Lipinski definition) is 4. The van der Waals surface area contributed by atoms with E-state index in [0.29, 0.717) is 12.3 Å². The van der Waals surface area contributed by atoms with Crippen LogP contribution in [0.25, 0.3) is 5.70 Å². The van der Waals surface area contributed by atoms with Crippen LogP contribution >= 0.6 is 27.7 Å². The third-order valence-electron chi connectivity index (χ3n) is 5.67. The van der Waals surface area contributed by atoms with Crippen molar-refractivity contribution >= 4 is 50.2 Å². The highest BCUT2D eigenvalue weighted by Gasteiger charge is 2.34. The Balaban J connectivity index is 1.64. The molecule has 0 atom stereocenters. The minimum absolute atomic E-state index is 0.177. The van der Waals surface area contributed by atoms with E-state index < -0.39 is 0 Å². The summed E-state index contributed by atoms with van der Waals surface area (Å²) in [5.41, 5.74) is 6.94. The molecule has 0 unspecified atom stereocenters. The SMILES string of the molecule is O=C1CSC2=NC3=C(CCCC/C3=C(/Nc3ccc(Br)cc3)c3ccccc3)CN12. The van der Waals surface area contributed by atoms with Crippen molar-refractivity contribution in [3.63, 3.8) is 0 Å². The topological polar surface area (TPSA) is 44.7 Å². The molecule has 0 radical (unpaired) electrons. The van der Waals surface area contributed by atoms with Gasteiger partial charge in [0.15, 0.2) is 5.17 Å². The number of anilines is 1. The van der Waals surface area contributed by atoms with Crippen molar-refractivity contribution in [1.29, 1.82) is 0 Å². The van der Waals surface area contributed by atoms with Crippen LogP contribution in [0.3, 0.4) is 0 Å². The summed E-state index contributed by atoms with van der Waals surface area (Å²) in [7, 11) is 0. The van der Waals surface area contributed by atoms with Gasteiger partial charge in [0.05, 0.1) is 23.7 Å².